The molecule has 84 valence electrons. The molecule has 0 bridgehead atoms. The lowest BCUT2D eigenvalue weighted by molar-refractivity contribution is -0.123. The van der Waals surface area contributed by atoms with Crippen LogP contribution in [0.3, 0.4) is 0 Å². The second kappa shape index (κ2) is 5.35. The van der Waals surface area contributed by atoms with Gasteiger partial charge in [0.25, 0.3) is 0 Å². The summed E-state index contributed by atoms with van der Waals surface area (Å²) in [4.78, 5) is 11.4. The van der Waals surface area contributed by atoms with Gasteiger partial charge in [-0.1, -0.05) is 34.6 Å². The molecule has 0 rings (SSSR count). The second-order valence-corrected chi connectivity index (χ2v) is 5.35. The van der Waals surface area contributed by atoms with Crippen LogP contribution in [0, 0.1) is 11.3 Å². The molecular weight excluding hydrogens is 178 g/mol. The van der Waals surface area contributed by atoms with Gasteiger partial charge in [-0.05, 0) is 11.3 Å². The van der Waals surface area contributed by atoms with Crippen molar-refractivity contribution in [2.45, 2.75) is 47.1 Å². The molecule has 0 aliphatic rings. The van der Waals surface area contributed by atoms with Gasteiger partial charge in [0.2, 0.25) is 5.91 Å². The summed E-state index contributed by atoms with van der Waals surface area (Å²) in [5.41, 5.74) is 0.00681. The molecule has 0 saturated heterocycles. The molecule has 0 fully saturated rings. The molecule has 3 nitrogen and oxygen atoms in total. The quantitative estimate of drug-likeness (QED) is 0.725. The largest absolute Gasteiger partial charge is 0.391 e. The van der Waals surface area contributed by atoms with Crippen molar-refractivity contribution in [2.24, 2.45) is 11.3 Å². The van der Waals surface area contributed by atoms with Crippen LogP contribution < -0.4 is 5.32 Å². The fourth-order valence-electron chi connectivity index (χ4n) is 0.998. The van der Waals surface area contributed by atoms with Gasteiger partial charge in [0.1, 0.15) is 0 Å². The molecule has 1 amide bonds. The molecular formula is C11H23NO2. The SMILES string of the molecule is CC(C)[C@@H](O)CNC(=O)CC(C)(C)C. The van der Waals surface area contributed by atoms with Gasteiger partial charge in [0.05, 0.1) is 6.10 Å². The van der Waals surface area contributed by atoms with Crippen LogP contribution in [0.15, 0.2) is 0 Å². The van der Waals surface area contributed by atoms with E-state index in [9.17, 15) is 9.90 Å². The molecule has 0 heterocycles. The van der Waals surface area contributed by atoms with Gasteiger partial charge in [-0.2, -0.15) is 0 Å². The number of hydrogen-bond donors (Lipinski definition) is 2. The monoisotopic (exact) mass is 201 g/mol. The summed E-state index contributed by atoms with van der Waals surface area (Å²) >= 11 is 0. The smallest absolute Gasteiger partial charge is 0.220 e. The van der Waals surface area contributed by atoms with E-state index < -0.39 is 6.10 Å². The van der Waals surface area contributed by atoms with Crippen molar-refractivity contribution in [1.29, 1.82) is 0 Å². The van der Waals surface area contributed by atoms with E-state index in [2.05, 4.69) is 5.32 Å². The Hall–Kier alpha value is -0.570. The summed E-state index contributed by atoms with van der Waals surface area (Å²) in [6, 6.07) is 0. The minimum Gasteiger partial charge on any atom is -0.391 e. The van der Waals surface area contributed by atoms with Crippen LogP contribution in [0.5, 0.6) is 0 Å². The second-order valence-electron chi connectivity index (χ2n) is 5.35. The van der Waals surface area contributed by atoms with Gasteiger partial charge < -0.3 is 10.4 Å². The molecule has 0 radical (unpaired) electrons. The van der Waals surface area contributed by atoms with Crippen molar-refractivity contribution < 1.29 is 9.90 Å². The van der Waals surface area contributed by atoms with Crippen LogP contribution in [0.1, 0.15) is 41.0 Å². The van der Waals surface area contributed by atoms with E-state index in [0.29, 0.717) is 13.0 Å². The van der Waals surface area contributed by atoms with E-state index in [-0.39, 0.29) is 17.2 Å². The third-order valence-electron chi connectivity index (χ3n) is 1.97. The summed E-state index contributed by atoms with van der Waals surface area (Å²) < 4.78 is 0. The average Bonchev–Trinajstić information content (AvgIpc) is 1.96. The van der Waals surface area contributed by atoms with Crippen LogP contribution in [0.2, 0.25) is 0 Å². The first-order valence-electron chi connectivity index (χ1n) is 5.17. The fraction of sp³-hybridized carbons (Fsp3) is 0.909. The zero-order valence-electron chi connectivity index (χ0n) is 9.92. The van der Waals surface area contributed by atoms with Crippen molar-refractivity contribution in [3.8, 4) is 0 Å². The predicted molar refractivity (Wildman–Crippen MR) is 57.9 cm³/mol. The molecule has 0 spiro atoms. The molecule has 0 saturated carbocycles. The van der Waals surface area contributed by atoms with Crippen LogP contribution >= 0.6 is 0 Å². The highest BCUT2D eigenvalue weighted by molar-refractivity contribution is 5.76. The first kappa shape index (κ1) is 13.4. The molecule has 14 heavy (non-hydrogen) atoms. The molecule has 1 atom stereocenters. The molecule has 0 unspecified atom stereocenters. The molecule has 3 heteroatoms. The zero-order valence-corrected chi connectivity index (χ0v) is 9.92. The first-order chi connectivity index (χ1) is 6.22. The topological polar surface area (TPSA) is 49.3 Å². The van der Waals surface area contributed by atoms with E-state index in [1.165, 1.54) is 0 Å². The van der Waals surface area contributed by atoms with Gasteiger partial charge in [-0.25, -0.2) is 0 Å². The summed E-state index contributed by atoms with van der Waals surface area (Å²) in [5.74, 6) is 0.196. The Morgan fingerprint density at radius 3 is 2.21 bits per heavy atom. The molecule has 0 aromatic carbocycles. The Morgan fingerprint density at radius 1 is 1.36 bits per heavy atom. The number of rotatable bonds is 4. The highest BCUT2D eigenvalue weighted by Crippen LogP contribution is 2.17. The van der Waals surface area contributed by atoms with E-state index in [1.54, 1.807) is 0 Å². The summed E-state index contributed by atoms with van der Waals surface area (Å²) in [6.45, 7) is 10.3. The normalized spacial score (nSPS) is 14.2. The summed E-state index contributed by atoms with van der Waals surface area (Å²) in [7, 11) is 0. The fourth-order valence-corrected chi connectivity index (χ4v) is 0.998. The lowest BCUT2D eigenvalue weighted by atomic mass is 9.92. The Kier molecular flexibility index (Phi) is 5.13. The molecule has 0 aromatic rings. The molecule has 0 aliphatic carbocycles. The Bertz CT molecular complexity index is 182. The van der Waals surface area contributed by atoms with Crippen LogP contribution in [0.4, 0.5) is 0 Å². The number of carbonyl (C=O) groups is 1. The van der Waals surface area contributed by atoms with E-state index >= 15 is 0 Å². The maximum atomic E-state index is 11.4. The standard InChI is InChI=1S/C11H23NO2/c1-8(2)9(13)7-12-10(14)6-11(3,4)5/h8-9,13H,6-7H2,1-5H3,(H,12,14)/t9-/m0/s1. The maximum Gasteiger partial charge on any atom is 0.220 e. The van der Waals surface area contributed by atoms with Crippen molar-refractivity contribution >= 4 is 5.91 Å². The Balaban J connectivity index is 3.75. The highest BCUT2D eigenvalue weighted by atomic mass is 16.3. The molecule has 0 aliphatic heterocycles. The van der Waals surface area contributed by atoms with E-state index in [4.69, 9.17) is 0 Å². The van der Waals surface area contributed by atoms with Crippen LogP contribution in [-0.2, 0) is 4.79 Å². The van der Waals surface area contributed by atoms with Gasteiger partial charge in [0.15, 0.2) is 0 Å². The highest BCUT2D eigenvalue weighted by Gasteiger charge is 2.17. The van der Waals surface area contributed by atoms with Crippen LogP contribution in [0.25, 0.3) is 0 Å². The third-order valence-corrected chi connectivity index (χ3v) is 1.97. The van der Waals surface area contributed by atoms with Crippen molar-refractivity contribution in [2.75, 3.05) is 6.54 Å². The third kappa shape index (κ3) is 6.89. The van der Waals surface area contributed by atoms with Gasteiger partial charge >= 0.3 is 0 Å². The number of nitrogens with one attached hydrogen (secondary N) is 1. The number of carbonyl (C=O) groups excluding carboxylic acids is 1. The number of aliphatic hydroxyl groups excluding tert-OH is 1. The summed E-state index contributed by atoms with van der Waals surface area (Å²) in [5, 5.41) is 12.2. The maximum absolute atomic E-state index is 11.4. The summed E-state index contributed by atoms with van der Waals surface area (Å²) in [6.07, 6.45) is 0.0524. The van der Waals surface area contributed by atoms with Gasteiger partial charge in [0, 0.05) is 13.0 Å². The minimum atomic E-state index is -0.445. The van der Waals surface area contributed by atoms with E-state index in [0.717, 1.165) is 0 Å². The Morgan fingerprint density at radius 2 is 1.86 bits per heavy atom. The average molecular weight is 201 g/mol. The van der Waals surface area contributed by atoms with Crippen molar-refractivity contribution in [1.82, 2.24) is 5.32 Å². The van der Waals surface area contributed by atoms with Gasteiger partial charge in [-0.3, -0.25) is 4.79 Å². The van der Waals surface area contributed by atoms with Crippen molar-refractivity contribution in [3.05, 3.63) is 0 Å². The lowest BCUT2D eigenvalue weighted by Crippen LogP contribution is -2.36. The zero-order chi connectivity index (χ0) is 11.4. The van der Waals surface area contributed by atoms with Gasteiger partial charge in [-0.15, -0.1) is 0 Å². The minimum absolute atomic E-state index is 0.00681. The van der Waals surface area contributed by atoms with Crippen molar-refractivity contribution in [3.63, 3.8) is 0 Å². The predicted octanol–water partition coefficient (Wildman–Crippen LogP) is 1.56. The molecule has 2 N–H and O–H groups in total. The number of hydrogen-bond acceptors (Lipinski definition) is 2. The Labute approximate surface area is 86.9 Å². The lowest BCUT2D eigenvalue weighted by Gasteiger charge is -2.19. The first-order valence-corrected chi connectivity index (χ1v) is 5.17. The number of amides is 1. The number of aliphatic hydroxyl groups is 1. The van der Waals surface area contributed by atoms with E-state index in [1.807, 2.05) is 34.6 Å². The molecule has 0 aromatic heterocycles. The van der Waals surface area contributed by atoms with Crippen LogP contribution in [-0.4, -0.2) is 23.7 Å².